The number of allylic oxidation sites excluding steroid dienone is 3. The van der Waals surface area contributed by atoms with Gasteiger partial charge in [0.15, 0.2) is 5.78 Å². The van der Waals surface area contributed by atoms with Crippen LogP contribution >= 0.6 is 0 Å². The van der Waals surface area contributed by atoms with E-state index in [2.05, 4.69) is 18.2 Å². The van der Waals surface area contributed by atoms with Crippen molar-refractivity contribution in [2.45, 2.75) is 6.42 Å². The fourth-order valence-electron chi connectivity index (χ4n) is 3.12. The van der Waals surface area contributed by atoms with Gasteiger partial charge in [-0.05, 0) is 30.3 Å². The number of carbonyl (C=O) groups excluding carboxylic acids is 1. The van der Waals surface area contributed by atoms with Crippen molar-refractivity contribution in [1.82, 2.24) is 0 Å². The summed E-state index contributed by atoms with van der Waals surface area (Å²) < 4.78 is 5.50. The highest BCUT2D eigenvalue weighted by Gasteiger charge is 2.46. The van der Waals surface area contributed by atoms with Crippen molar-refractivity contribution in [2.75, 3.05) is 13.2 Å². The van der Waals surface area contributed by atoms with Gasteiger partial charge >= 0.3 is 0 Å². The van der Waals surface area contributed by atoms with Crippen LogP contribution in [0.3, 0.4) is 0 Å². The normalized spacial score (nSPS) is 45.0. The maximum absolute atomic E-state index is 11.7. The Morgan fingerprint density at radius 2 is 2.21 bits per heavy atom. The number of hydrogen-bond donors (Lipinski definition) is 0. The van der Waals surface area contributed by atoms with Gasteiger partial charge in [-0.2, -0.15) is 0 Å². The van der Waals surface area contributed by atoms with E-state index in [9.17, 15) is 4.79 Å². The summed E-state index contributed by atoms with van der Waals surface area (Å²) in [5, 5.41) is 0. The van der Waals surface area contributed by atoms with Crippen molar-refractivity contribution in [3.05, 3.63) is 24.3 Å². The molecule has 0 radical (unpaired) electrons. The second-order valence-corrected chi connectivity index (χ2v) is 4.48. The van der Waals surface area contributed by atoms with E-state index in [4.69, 9.17) is 4.74 Å². The van der Waals surface area contributed by atoms with Crippen LogP contribution in [0.2, 0.25) is 0 Å². The molecular formula is C12H14O2. The van der Waals surface area contributed by atoms with E-state index in [-0.39, 0.29) is 5.92 Å². The lowest BCUT2D eigenvalue weighted by Crippen LogP contribution is -2.24. The minimum Gasteiger partial charge on any atom is -0.377 e. The lowest BCUT2D eigenvalue weighted by Gasteiger charge is -2.18. The first-order valence-electron chi connectivity index (χ1n) is 5.33. The predicted octanol–water partition coefficient (Wildman–Crippen LogP) is 1.58. The molecule has 3 rings (SSSR count). The van der Waals surface area contributed by atoms with Crippen LogP contribution in [0.5, 0.6) is 0 Å². The minimum absolute atomic E-state index is 0.225. The molecule has 0 N–H and O–H groups in total. The third-order valence-electron chi connectivity index (χ3n) is 3.76. The van der Waals surface area contributed by atoms with Gasteiger partial charge in [-0.25, -0.2) is 0 Å². The SMILES string of the molecule is O=C1C=C[C@@H]2C[C@@H]3C=CCOC[C@@H]3[C@H]12. The first-order chi connectivity index (χ1) is 6.86. The molecule has 2 heteroatoms. The molecule has 0 aromatic heterocycles. The largest absolute Gasteiger partial charge is 0.377 e. The molecule has 1 aliphatic heterocycles. The van der Waals surface area contributed by atoms with Gasteiger partial charge in [0.1, 0.15) is 0 Å². The Bertz CT molecular complexity index is 316. The first kappa shape index (κ1) is 8.42. The van der Waals surface area contributed by atoms with Crippen molar-refractivity contribution in [3.8, 4) is 0 Å². The Kier molecular flexibility index (Phi) is 1.84. The Labute approximate surface area is 83.6 Å². The molecule has 3 aliphatic rings. The van der Waals surface area contributed by atoms with Crippen molar-refractivity contribution in [3.63, 3.8) is 0 Å². The van der Waals surface area contributed by atoms with Crippen LogP contribution in [0, 0.1) is 23.7 Å². The lowest BCUT2D eigenvalue weighted by atomic mass is 9.87. The van der Waals surface area contributed by atoms with Crippen molar-refractivity contribution < 1.29 is 9.53 Å². The predicted molar refractivity (Wildman–Crippen MR) is 52.7 cm³/mol. The van der Waals surface area contributed by atoms with Gasteiger partial charge in [0.05, 0.1) is 13.2 Å². The summed E-state index contributed by atoms with van der Waals surface area (Å²) in [7, 11) is 0. The van der Waals surface area contributed by atoms with Gasteiger partial charge in [0.25, 0.3) is 0 Å². The highest BCUT2D eigenvalue weighted by molar-refractivity contribution is 5.95. The van der Waals surface area contributed by atoms with Crippen LogP contribution in [0.15, 0.2) is 24.3 Å². The maximum atomic E-state index is 11.7. The molecule has 14 heavy (non-hydrogen) atoms. The molecule has 0 unspecified atom stereocenters. The van der Waals surface area contributed by atoms with Crippen LogP contribution in [0.1, 0.15) is 6.42 Å². The third kappa shape index (κ3) is 1.10. The molecule has 0 aromatic carbocycles. The Morgan fingerprint density at radius 1 is 1.29 bits per heavy atom. The molecule has 0 aromatic rings. The highest BCUT2D eigenvalue weighted by Crippen LogP contribution is 2.47. The second kappa shape index (κ2) is 3.06. The van der Waals surface area contributed by atoms with Gasteiger partial charge in [0.2, 0.25) is 0 Å². The summed E-state index contributed by atoms with van der Waals surface area (Å²) in [5.74, 6) is 2.04. The van der Waals surface area contributed by atoms with E-state index in [1.165, 1.54) is 0 Å². The summed E-state index contributed by atoms with van der Waals surface area (Å²) in [5.41, 5.74) is 0. The van der Waals surface area contributed by atoms with Gasteiger partial charge < -0.3 is 4.74 Å². The molecule has 0 bridgehead atoms. The van der Waals surface area contributed by atoms with Crippen LogP contribution in [-0.2, 0) is 9.53 Å². The molecule has 2 nitrogen and oxygen atoms in total. The zero-order chi connectivity index (χ0) is 9.54. The van der Waals surface area contributed by atoms with Crippen LogP contribution in [0.25, 0.3) is 0 Å². The monoisotopic (exact) mass is 190 g/mol. The van der Waals surface area contributed by atoms with Gasteiger partial charge in [0, 0.05) is 5.92 Å². The van der Waals surface area contributed by atoms with Crippen LogP contribution in [-0.4, -0.2) is 19.0 Å². The molecule has 0 saturated heterocycles. The zero-order valence-electron chi connectivity index (χ0n) is 8.06. The quantitative estimate of drug-likeness (QED) is 0.542. The number of carbonyl (C=O) groups is 1. The topological polar surface area (TPSA) is 26.3 Å². The van der Waals surface area contributed by atoms with E-state index in [1.54, 1.807) is 6.08 Å². The number of hydrogen-bond acceptors (Lipinski definition) is 2. The molecule has 0 amide bonds. The minimum atomic E-state index is 0.225. The molecular weight excluding hydrogens is 176 g/mol. The van der Waals surface area contributed by atoms with Crippen LogP contribution in [0.4, 0.5) is 0 Å². The Hall–Kier alpha value is -0.890. The molecule has 2 aliphatic carbocycles. The van der Waals surface area contributed by atoms with Gasteiger partial charge in [-0.15, -0.1) is 0 Å². The van der Waals surface area contributed by atoms with Crippen LogP contribution < -0.4 is 0 Å². The smallest absolute Gasteiger partial charge is 0.159 e. The number of fused-ring (bicyclic) bond motifs is 3. The highest BCUT2D eigenvalue weighted by atomic mass is 16.5. The zero-order valence-corrected chi connectivity index (χ0v) is 8.06. The molecule has 1 saturated carbocycles. The van der Waals surface area contributed by atoms with E-state index >= 15 is 0 Å². The molecule has 0 spiro atoms. The summed E-state index contributed by atoms with van der Waals surface area (Å²) >= 11 is 0. The summed E-state index contributed by atoms with van der Waals surface area (Å²) in [6.45, 7) is 1.47. The van der Waals surface area contributed by atoms with Crippen molar-refractivity contribution in [2.24, 2.45) is 23.7 Å². The first-order valence-corrected chi connectivity index (χ1v) is 5.33. The van der Waals surface area contributed by atoms with E-state index in [0.717, 1.165) is 13.0 Å². The number of ketones is 1. The van der Waals surface area contributed by atoms with Crippen molar-refractivity contribution >= 4 is 5.78 Å². The Morgan fingerprint density at radius 3 is 3.14 bits per heavy atom. The van der Waals surface area contributed by atoms with Gasteiger partial charge in [-0.1, -0.05) is 18.2 Å². The average molecular weight is 190 g/mol. The number of rotatable bonds is 0. The summed E-state index contributed by atoms with van der Waals surface area (Å²) in [6, 6.07) is 0. The maximum Gasteiger partial charge on any atom is 0.159 e. The van der Waals surface area contributed by atoms with Gasteiger partial charge in [-0.3, -0.25) is 4.79 Å². The summed E-state index contributed by atoms with van der Waals surface area (Å²) in [6.07, 6.45) is 9.34. The van der Waals surface area contributed by atoms with E-state index in [1.807, 2.05) is 0 Å². The fraction of sp³-hybridized carbons (Fsp3) is 0.583. The third-order valence-corrected chi connectivity index (χ3v) is 3.76. The fourth-order valence-corrected chi connectivity index (χ4v) is 3.12. The molecule has 1 fully saturated rings. The van der Waals surface area contributed by atoms with E-state index < -0.39 is 0 Å². The number of ether oxygens (including phenoxy) is 1. The lowest BCUT2D eigenvalue weighted by molar-refractivity contribution is -0.119. The standard InChI is InChI=1S/C12H14O2/c13-11-4-3-9-6-8-2-1-5-14-7-10(8)12(9)11/h1-4,8-10,12H,5-7H2/t8-,9+,10-,12+/m0/s1. The second-order valence-electron chi connectivity index (χ2n) is 4.48. The molecule has 74 valence electrons. The average Bonchev–Trinajstić information content (AvgIpc) is 2.61. The van der Waals surface area contributed by atoms with E-state index in [0.29, 0.717) is 30.1 Å². The molecule has 1 heterocycles. The van der Waals surface area contributed by atoms with Crippen molar-refractivity contribution in [1.29, 1.82) is 0 Å². The molecule has 4 atom stereocenters. The Balaban J connectivity index is 1.90. The summed E-state index contributed by atoms with van der Waals surface area (Å²) in [4.78, 5) is 11.7.